The van der Waals surface area contributed by atoms with Crippen LogP contribution in [0.3, 0.4) is 0 Å². The molecule has 3 rings (SSSR count). The molecule has 150 valence electrons. The van der Waals surface area contributed by atoms with Gasteiger partial charge in [0.25, 0.3) is 5.91 Å². The van der Waals surface area contributed by atoms with Crippen molar-refractivity contribution in [2.75, 3.05) is 6.54 Å². The molecule has 1 aliphatic rings. The van der Waals surface area contributed by atoms with E-state index in [4.69, 9.17) is 22.1 Å². The summed E-state index contributed by atoms with van der Waals surface area (Å²) in [6.45, 7) is -1.57. The molecule has 2 amide bonds. The van der Waals surface area contributed by atoms with Crippen LogP contribution < -0.4 is 5.73 Å². The van der Waals surface area contributed by atoms with Crippen LogP contribution in [-0.4, -0.2) is 45.5 Å². The number of hydrogen-bond donors (Lipinski definition) is 1. The number of nitrogens with zero attached hydrogens (tertiary/aromatic N) is 3. The maximum absolute atomic E-state index is 13.5. The van der Waals surface area contributed by atoms with E-state index in [2.05, 4.69) is 5.10 Å². The quantitative estimate of drug-likeness (QED) is 0.753. The zero-order chi connectivity index (χ0) is 20.6. The molecular formula is C16H13ClF4N4O3. The van der Waals surface area contributed by atoms with Gasteiger partial charge >= 0.3 is 12.3 Å². The predicted octanol–water partition coefficient (Wildman–Crippen LogP) is 2.63. The standard InChI is InChI=1S/C16H13ClF4N4O3/c17-10-3-8(1-2-11(10)18)13(25-6-12(14(22)26)28-15(25)27)9-4-23-24(5-9)7-16(19,20)21/h1-5,12-13H,6-7H2,(H2,22,26)/t12?,13-/m1/s1. The largest absolute Gasteiger partial charge is 0.434 e. The molecule has 1 fully saturated rings. The Morgan fingerprint density at radius 2 is 2.11 bits per heavy atom. The van der Waals surface area contributed by atoms with Crippen molar-refractivity contribution in [1.29, 1.82) is 0 Å². The van der Waals surface area contributed by atoms with Crippen LogP contribution in [0.2, 0.25) is 5.02 Å². The number of nitrogens with two attached hydrogens (primary N) is 1. The van der Waals surface area contributed by atoms with Gasteiger partial charge in [-0.3, -0.25) is 14.4 Å². The average Bonchev–Trinajstić information content (AvgIpc) is 3.17. The van der Waals surface area contributed by atoms with E-state index in [-0.39, 0.29) is 17.1 Å². The number of alkyl halides is 3. The Morgan fingerprint density at radius 3 is 2.68 bits per heavy atom. The molecular weight excluding hydrogens is 408 g/mol. The SMILES string of the molecule is NC(=O)C1CN([C@H](c2ccc(F)c(Cl)c2)c2cnn(CC(F)(F)F)c2)C(=O)O1. The Kier molecular flexibility index (Phi) is 5.20. The zero-order valence-corrected chi connectivity index (χ0v) is 14.7. The molecule has 1 saturated heterocycles. The van der Waals surface area contributed by atoms with Crippen molar-refractivity contribution in [1.82, 2.24) is 14.7 Å². The molecule has 1 aliphatic heterocycles. The number of carbonyl (C=O) groups is 2. The van der Waals surface area contributed by atoms with Gasteiger partial charge in [-0.1, -0.05) is 17.7 Å². The summed E-state index contributed by atoms with van der Waals surface area (Å²) in [5.74, 6) is -1.59. The molecule has 2 aromatic rings. The van der Waals surface area contributed by atoms with Crippen LogP contribution in [0.25, 0.3) is 0 Å². The van der Waals surface area contributed by atoms with Crippen LogP contribution >= 0.6 is 11.6 Å². The van der Waals surface area contributed by atoms with Gasteiger partial charge in [0.2, 0.25) is 0 Å². The Balaban J connectivity index is 2.01. The van der Waals surface area contributed by atoms with Gasteiger partial charge in [-0.15, -0.1) is 0 Å². The minimum Gasteiger partial charge on any atom is -0.434 e. The Hall–Kier alpha value is -2.82. The lowest BCUT2D eigenvalue weighted by Gasteiger charge is -2.25. The second kappa shape index (κ2) is 7.30. The normalized spacial score (nSPS) is 18.2. The van der Waals surface area contributed by atoms with E-state index in [1.165, 1.54) is 12.1 Å². The van der Waals surface area contributed by atoms with Crippen molar-refractivity contribution in [2.45, 2.75) is 24.9 Å². The summed E-state index contributed by atoms with van der Waals surface area (Å²) >= 11 is 5.81. The van der Waals surface area contributed by atoms with Crippen LogP contribution in [-0.2, 0) is 16.1 Å². The summed E-state index contributed by atoms with van der Waals surface area (Å²) < 4.78 is 56.9. The number of hydrogen-bond acceptors (Lipinski definition) is 4. The number of benzene rings is 1. The van der Waals surface area contributed by atoms with Gasteiger partial charge in [-0.2, -0.15) is 18.3 Å². The van der Waals surface area contributed by atoms with E-state index in [1.54, 1.807) is 0 Å². The molecule has 2 heterocycles. The minimum atomic E-state index is -4.50. The van der Waals surface area contributed by atoms with E-state index < -0.39 is 42.7 Å². The second-order valence-corrected chi connectivity index (χ2v) is 6.50. The van der Waals surface area contributed by atoms with Crippen molar-refractivity contribution in [3.05, 3.63) is 52.6 Å². The molecule has 7 nitrogen and oxygen atoms in total. The number of ether oxygens (including phenoxy) is 1. The topological polar surface area (TPSA) is 90.5 Å². The van der Waals surface area contributed by atoms with E-state index in [0.717, 1.165) is 23.4 Å². The third-order valence-electron chi connectivity index (χ3n) is 4.04. The van der Waals surface area contributed by atoms with E-state index in [0.29, 0.717) is 10.2 Å². The highest BCUT2D eigenvalue weighted by atomic mass is 35.5. The first-order valence-corrected chi connectivity index (χ1v) is 8.23. The first-order chi connectivity index (χ1) is 13.0. The highest BCUT2D eigenvalue weighted by Crippen LogP contribution is 2.34. The third-order valence-corrected chi connectivity index (χ3v) is 4.33. The molecule has 0 spiro atoms. The summed E-state index contributed by atoms with van der Waals surface area (Å²) in [6.07, 6.45) is -4.39. The number of rotatable bonds is 5. The van der Waals surface area contributed by atoms with E-state index in [9.17, 15) is 27.2 Å². The first kappa shape index (κ1) is 19.9. The van der Waals surface area contributed by atoms with Gasteiger partial charge in [-0.25, -0.2) is 9.18 Å². The lowest BCUT2D eigenvalue weighted by Crippen LogP contribution is -2.34. The van der Waals surface area contributed by atoms with Crippen molar-refractivity contribution in [2.24, 2.45) is 5.73 Å². The summed E-state index contributed by atoms with van der Waals surface area (Å²) in [4.78, 5) is 24.7. The minimum absolute atomic E-state index is 0.189. The Bertz CT molecular complexity index is 918. The highest BCUT2D eigenvalue weighted by molar-refractivity contribution is 6.30. The fourth-order valence-corrected chi connectivity index (χ4v) is 3.05. The maximum Gasteiger partial charge on any atom is 0.411 e. The summed E-state index contributed by atoms with van der Waals surface area (Å²) in [7, 11) is 0. The van der Waals surface area contributed by atoms with Crippen LogP contribution in [0.5, 0.6) is 0 Å². The molecule has 12 heteroatoms. The molecule has 0 saturated carbocycles. The molecule has 1 aromatic carbocycles. The van der Waals surface area contributed by atoms with Crippen molar-refractivity contribution in [3.8, 4) is 0 Å². The lowest BCUT2D eigenvalue weighted by atomic mass is 10.00. The smallest absolute Gasteiger partial charge is 0.411 e. The number of aromatic nitrogens is 2. The molecule has 1 aromatic heterocycles. The van der Waals surface area contributed by atoms with Crippen LogP contribution in [0.4, 0.5) is 22.4 Å². The van der Waals surface area contributed by atoms with Crippen molar-refractivity contribution >= 4 is 23.6 Å². The van der Waals surface area contributed by atoms with Crippen LogP contribution in [0.15, 0.2) is 30.6 Å². The van der Waals surface area contributed by atoms with Crippen molar-refractivity contribution in [3.63, 3.8) is 0 Å². The third kappa shape index (κ3) is 4.19. The Morgan fingerprint density at radius 1 is 1.39 bits per heavy atom. The van der Waals surface area contributed by atoms with Crippen LogP contribution in [0.1, 0.15) is 17.2 Å². The molecule has 0 bridgehead atoms. The molecule has 1 unspecified atom stereocenters. The second-order valence-electron chi connectivity index (χ2n) is 6.09. The maximum atomic E-state index is 13.5. The number of amides is 2. The summed E-state index contributed by atoms with van der Waals surface area (Å²) in [5, 5.41) is 3.41. The molecule has 2 N–H and O–H groups in total. The number of cyclic esters (lactones) is 1. The van der Waals surface area contributed by atoms with E-state index in [1.807, 2.05) is 0 Å². The summed E-state index contributed by atoms with van der Waals surface area (Å²) in [5.41, 5.74) is 5.64. The lowest BCUT2D eigenvalue weighted by molar-refractivity contribution is -0.142. The van der Waals surface area contributed by atoms with E-state index >= 15 is 0 Å². The monoisotopic (exact) mass is 420 g/mol. The fraction of sp³-hybridized carbons (Fsp3) is 0.312. The Labute approximate surface area is 160 Å². The highest BCUT2D eigenvalue weighted by Gasteiger charge is 2.41. The van der Waals surface area contributed by atoms with Gasteiger partial charge in [0, 0.05) is 11.8 Å². The van der Waals surface area contributed by atoms with Gasteiger partial charge in [0.1, 0.15) is 12.4 Å². The van der Waals surface area contributed by atoms with Gasteiger partial charge in [0.15, 0.2) is 6.10 Å². The molecule has 28 heavy (non-hydrogen) atoms. The van der Waals surface area contributed by atoms with Gasteiger partial charge in [0.05, 0.1) is 23.8 Å². The fourth-order valence-electron chi connectivity index (χ4n) is 2.86. The number of primary amides is 1. The summed E-state index contributed by atoms with van der Waals surface area (Å²) in [6, 6.07) is 2.58. The van der Waals surface area contributed by atoms with Crippen LogP contribution in [0, 0.1) is 5.82 Å². The van der Waals surface area contributed by atoms with Gasteiger partial charge < -0.3 is 10.5 Å². The number of carbonyl (C=O) groups excluding carboxylic acids is 2. The van der Waals surface area contributed by atoms with Gasteiger partial charge in [-0.05, 0) is 17.7 Å². The van der Waals surface area contributed by atoms with Crippen molar-refractivity contribution < 1.29 is 31.9 Å². The average molecular weight is 421 g/mol. The predicted molar refractivity (Wildman–Crippen MR) is 87.7 cm³/mol. The molecule has 0 radical (unpaired) electrons. The zero-order valence-electron chi connectivity index (χ0n) is 14.0. The molecule has 0 aliphatic carbocycles. The number of halogens is 5. The molecule has 2 atom stereocenters. The first-order valence-electron chi connectivity index (χ1n) is 7.86.